The molecule has 19 heavy (non-hydrogen) atoms. The molecule has 2 atom stereocenters. The summed E-state index contributed by atoms with van der Waals surface area (Å²) in [5.41, 5.74) is 7.26. The lowest BCUT2D eigenvalue weighted by Gasteiger charge is -2.32. The molecule has 1 aliphatic rings. The number of carbonyl (C=O) groups excluding carboxylic acids is 1. The number of ether oxygens (including phenoxy) is 1. The molecule has 0 bridgehead atoms. The van der Waals surface area contributed by atoms with Crippen molar-refractivity contribution in [2.75, 3.05) is 20.3 Å². The van der Waals surface area contributed by atoms with E-state index in [1.165, 1.54) is 0 Å². The van der Waals surface area contributed by atoms with Gasteiger partial charge in [-0.3, -0.25) is 4.79 Å². The summed E-state index contributed by atoms with van der Waals surface area (Å²) in [6.45, 7) is 3.06. The number of aryl methyl sites for hydroxylation is 1. The van der Waals surface area contributed by atoms with Crippen molar-refractivity contribution in [3.05, 3.63) is 16.1 Å². The lowest BCUT2D eigenvalue weighted by atomic mass is 10.0. The first-order valence-corrected chi connectivity index (χ1v) is 7.47. The van der Waals surface area contributed by atoms with E-state index < -0.39 is 0 Å². The largest absolute Gasteiger partial charge is 0.383 e. The number of amides is 1. The number of thiazole rings is 1. The van der Waals surface area contributed by atoms with Crippen molar-refractivity contribution in [3.63, 3.8) is 0 Å². The molecule has 0 saturated carbocycles. The van der Waals surface area contributed by atoms with Crippen LogP contribution in [0.1, 0.15) is 36.0 Å². The van der Waals surface area contributed by atoms with E-state index in [1.807, 2.05) is 17.2 Å². The fourth-order valence-electron chi connectivity index (χ4n) is 2.45. The molecule has 0 aromatic carbocycles. The first-order chi connectivity index (χ1) is 9.13. The van der Waals surface area contributed by atoms with Gasteiger partial charge in [-0.1, -0.05) is 0 Å². The number of nitrogens with two attached hydrogens (primary N) is 1. The topological polar surface area (TPSA) is 68.5 Å². The van der Waals surface area contributed by atoms with Crippen molar-refractivity contribution in [1.82, 2.24) is 9.88 Å². The molecule has 1 aromatic rings. The van der Waals surface area contributed by atoms with Crippen LogP contribution in [0.4, 0.5) is 0 Å². The second-order valence-corrected chi connectivity index (χ2v) is 5.80. The van der Waals surface area contributed by atoms with E-state index in [-0.39, 0.29) is 18.0 Å². The molecule has 2 rings (SSSR count). The zero-order valence-electron chi connectivity index (χ0n) is 11.5. The molecule has 1 aromatic heterocycles. The molecule has 0 spiro atoms. The van der Waals surface area contributed by atoms with Gasteiger partial charge in [-0.05, 0) is 19.8 Å². The van der Waals surface area contributed by atoms with Crippen molar-refractivity contribution in [1.29, 1.82) is 0 Å². The molecule has 5 nitrogen and oxygen atoms in total. The Labute approximate surface area is 117 Å². The Balaban J connectivity index is 2.27. The van der Waals surface area contributed by atoms with Crippen LogP contribution in [0.3, 0.4) is 0 Å². The monoisotopic (exact) mass is 283 g/mol. The molecular weight excluding hydrogens is 262 g/mol. The number of aromatic nitrogens is 1. The lowest BCUT2D eigenvalue weighted by Crippen LogP contribution is -2.43. The van der Waals surface area contributed by atoms with Gasteiger partial charge in [-0.15, -0.1) is 11.3 Å². The fraction of sp³-hybridized carbons (Fsp3) is 0.692. The first-order valence-electron chi connectivity index (χ1n) is 6.59. The molecule has 1 saturated heterocycles. The van der Waals surface area contributed by atoms with Crippen molar-refractivity contribution < 1.29 is 9.53 Å². The first kappa shape index (κ1) is 14.4. The van der Waals surface area contributed by atoms with Gasteiger partial charge in [0.15, 0.2) is 0 Å². The average molecular weight is 283 g/mol. The van der Waals surface area contributed by atoms with Crippen LogP contribution in [0.2, 0.25) is 0 Å². The third-order valence-corrected chi connectivity index (χ3v) is 4.45. The maximum atomic E-state index is 12.2. The fourth-order valence-corrected chi connectivity index (χ4v) is 3.44. The van der Waals surface area contributed by atoms with Crippen LogP contribution >= 0.6 is 11.3 Å². The second-order valence-electron chi connectivity index (χ2n) is 4.91. The molecule has 2 heterocycles. The Morgan fingerprint density at radius 2 is 2.42 bits per heavy atom. The number of methoxy groups -OCH3 is 1. The number of rotatable bonds is 4. The molecule has 1 amide bonds. The van der Waals surface area contributed by atoms with Crippen molar-refractivity contribution in [2.45, 2.75) is 38.3 Å². The molecule has 0 aliphatic carbocycles. The van der Waals surface area contributed by atoms with E-state index in [2.05, 4.69) is 4.98 Å². The summed E-state index contributed by atoms with van der Waals surface area (Å²) in [5, 5.41) is 2.95. The van der Waals surface area contributed by atoms with E-state index in [0.29, 0.717) is 19.6 Å². The molecule has 1 fully saturated rings. The quantitative estimate of drug-likeness (QED) is 0.908. The third kappa shape index (κ3) is 3.32. The summed E-state index contributed by atoms with van der Waals surface area (Å²) in [5.74, 6) is 0.155. The van der Waals surface area contributed by atoms with Crippen LogP contribution in [-0.4, -0.2) is 42.1 Å². The highest BCUT2D eigenvalue weighted by Gasteiger charge is 2.34. The Morgan fingerprint density at radius 3 is 3.05 bits per heavy atom. The molecule has 6 heteroatoms. The molecular formula is C13H21N3O2S. The average Bonchev–Trinajstić information content (AvgIpc) is 2.74. The number of likely N-dealkylation sites (tertiary alicyclic amines) is 1. The lowest BCUT2D eigenvalue weighted by molar-refractivity contribution is -0.134. The number of carbonyl (C=O) groups is 1. The van der Waals surface area contributed by atoms with Crippen molar-refractivity contribution >= 4 is 17.2 Å². The summed E-state index contributed by atoms with van der Waals surface area (Å²) >= 11 is 1.58. The van der Waals surface area contributed by atoms with Gasteiger partial charge in [0.2, 0.25) is 5.91 Å². The van der Waals surface area contributed by atoms with E-state index in [1.54, 1.807) is 18.4 Å². The SMILES string of the molecule is COCCN1C(=O)CCCC(N)C1c1nc(C)cs1. The van der Waals surface area contributed by atoms with E-state index in [0.717, 1.165) is 23.5 Å². The molecule has 1 aliphatic heterocycles. The van der Waals surface area contributed by atoms with Crippen LogP contribution in [0.25, 0.3) is 0 Å². The maximum Gasteiger partial charge on any atom is 0.223 e. The third-order valence-electron chi connectivity index (χ3n) is 3.42. The Kier molecular flexibility index (Phi) is 4.90. The highest BCUT2D eigenvalue weighted by atomic mass is 32.1. The highest BCUT2D eigenvalue weighted by Crippen LogP contribution is 2.31. The number of hydrogen-bond acceptors (Lipinski definition) is 5. The van der Waals surface area contributed by atoms with E-state index >= 15 is 0 Å². The summed E-state index contributed by atoms with van der Waals surface area (Å²) < 4.78 is 5.11. The van der Waals surface area contributed by atoms with Gasteiger partial charge in [0.05, 0.1) is 12.6 Å². The standard InChI is InChI=1S/C13H21N3O2S/c1-9-8-19-13(15-9)12-10(14)4-3-5-11(17)16(12)6-7-18-2/h8,10,12H,3-7,14H2,1-2H3. The molecule has 0 radical (unpaired) electrons. The summed E-state index contributed by atoms with van der Waals surface area (Å²) in [6, 6.07) is -0.155. The Morgan fingerprint density at radius 1 is 1.63 bits per heavy atom. The Bertz CT molecular complexity index is 435. The smallest absolute Gasteiger partial charge is 0.223 e. The molecule has 106 valence electrons. The zero-order chi connectivity index (χ0) is 13.8. The van der Waals surface area contributed by atoms with Crippen LogP contribution in [0, 0.1) is 6.92 Å². The van der Waals surface area contributed by atoms with Gasteiger partial charge >= 0.3 is 0 Å². The minimum atomic E-state index is -0.108. The van der Waals surface area contributed by atoms with Crippen LogP contribution < -0.4 is 5.73 Å². The van der Waals surface area contributed by atoms with Gasteiger partial charge in [0, 0.05) is 37.2 Å². The number of hydrogen-bond donors (Lipinski definition) is 1. The van der Waals surface area contributed by atoms with E-state index in [4.69, 9.17) is 10.5 Å². The van der Waals surface area contributed by atoms with Gasteiger partial charge in [-0.25, -0.2) is 4.98 Å². The molecule has 2 unspecified atom stereocenters. The minimum Gasteiger partial charge on any atom is -0.383 e. The van der Waals surface area contributed by atoms with Crippen LogP contribution in [-0.2, 0) is 9.53 Å². The van der Waals surface area contributed by atoms with Gasteiger partial charge in [-0.2, -0.15) is 0 Å². The minimum absolute atomic E-state index is 0.0474. The van der Waals surface area contributed by atoms with Crippen LogP contribution in [0.15, 0.2) is 5.38 Å². The maximum absolute atomic E-state index is 12.2. The predicted molar refractivity (Wildman–Crippen MR) is 75.0 cm³/mol. The van der Waals surface area contributed by atoms with Crippen molar-refractivity contribution in [3.8, 4) is 0 Å². The number of nitrogens with zero attached hydrogens (tertiary/aromatic N) is 2. The second kappa shape index (κ2) is 6.45. The van der Waals surface area contributed by atoms with Gasteiger partial charge < -0.3 is 15.4 Å². The Hall–Kier alpha value is -0.980. The predicted octanol–water partition coefficient (Wildman–Crippen LogP) is 1.48. The summed E-state index contributed by atoms with van der Waals surface area (Å²) in [4.78, 5) is 18.6. The van der Waals surface area contributed by atoms with Crippen LogP contribution in [0.5, 0.6) is 0 Å². The highest BCUT2D eigenvalue weighted by molar-refractivity contribution is 7.09. The van der Waals surface area contributed by atoms with Gasteiger partial charge in [0.1, 0.15) is 5.01 Å². The zero-order valence-corrected chi connectivity index (χ0v) is 12.3. The van der Waals surface area contributed by atoms with E-state index in [9.17, 15) is 4.79 Å². The summed E-state index contributed by atoms with van der Waals surface area (Å²) in [6.07, 6.45) is 2.28. The molecule has 2 N–H and O–H groups in total. The normalized spacial score (nSPS) is 24.6. The van der Waals surface area contributed by atoms with Crippen molar-refractivity contribution in [2.24, 2.45) is 5.73 Å². The van der Waals surface area contributed by atoms with Gasteiger partial charge in [0.25, 0.3) is 0 Å². The summed E-state index contributed by atoms with van der Waals surface area (Å²) in [7, 11) is 1.64.